The Hall–Kier alpha value is -1.53. The molecule has 0 amide bonds. The van der Waals surface area contributed by atoms with E-state index in [1.165, 1.54) is 12.1 Å². The number of unbranched alkanes of at least 4 members (excludes halogenated alkanes) is 1. The molecule has 0 N–H and O–H groups in total. The van der Waals surface area contributed by atoms with Crippen molar-refractivity contribution in [2.45, 2.75) is 12.8 Å². The molecule has 96 valence electrons. The first-order valence-corrected chi connectivity index (χ1v) is 6.46. The third-order valence-electron chi connectivity index (χ3n) is 3.36. The molecule has 1 fully saturated rings. The zero-order valence-corrected chi connectivity index (χ0v) is 10.6. The highest BCUT2D eigenvalue weighted by molar-refractivity contribution is 5.46. The van der Waals surface area contributed by atoms with Crippen molar-refractivity contribution in [1.82, 2.24) is 4.90 Å². The van der Waals surface area contributed by atoms with Gasteiger partial charge in [-0.3, -0.25) is 4.90 Å². The van der Waals surface area contributed by atoms with Gasteiger partial charge in [-0.2, -0.15) is 0 Å². The van der Waals surface area contributed by atoms with Crippen LogP contribution >= 0.6 is 0 Å². The second kappa shape index (κ2) is 6.42. The average Bonchev–Trinajstić information content (AvgIpc) is 2.41. The van der Waals surface area contributed by atoms with E-state index in [0.29, 0.717) is 0 Å². The minimum atomic E-state index is -0.174. The van der Waals surface area contributed by atoms with Gasteiger partial charge in [-0.15, -0.1) is 12.3 Å². The molecule has 0 aliphatic carbocycles. The molecule has 0 unspecified atom stereocenters. The van der Waals surface area contributed by atoms with Crippen LogP contribution < -0.4 is 4.90 Å². The maximum Gasteiger partial charge on any atom is 0.123 e. The fraction of sp³-hybridized carbons (Fsp3) is 0.467. The molecule has 18 heavy (non-hydrogen) atoms. The Bertz CT molecular complexity index is 399. The largest absolute Gasteiger partial charge is 0.369 e. The van der Waals surface area contributed by atoms with Crippen LogP contribution in [0.25, 0.3) is 0 Å². The highest BCUT2D eigenvalue weighted by Crippen LogP contribution is 2.16. The molecule has 0 radical (unpaired) electrons. The molecule has 0 bridgehead atoms. The second-order valence-corrected chi connectivity index (χ2v) is 4.61. The highest BCUT2D eigenvalue weighted by Gasteiger charge is 2.16. The van der Waals surface area contributed by atoms with Crippen LogP contribution in [0.4, 0.5) is 10.1 Å². The Morgan fingerprint density at radius 1 is 1.11 bits per heavy atom. The zero-order valence-electron chi connectivity index (χ0n) is 10.6. The SMILES string of the molecule is C#CCCCN1CCN(c2ccc(F)cc2)CC1. The Balaban J connectivity index is 1.79. The number of rotatable bonds is 4. The normalized spacial score (nSPS) is 16.6. The third kappa shape index (κ3) is 3.48. The summed E-state index contributed by atoms with van der Waals surface area (Å²) in [6, 6.07) is 6.75. The van der Waals surface area contributed by atoms with Crippen molar-refractivity contribution in [2.75, 3.05) is 37.6 Å². The summed E-state index contributed by atoms with van der Waals surface area (Å²) in [5, 5.41) is 0. The molecule has 2 nitrogen and oxygen atoms in total. The summed E-state index contributed by atoms with van der Waals surface area (Å²) in [5.74, 6) is 2.50. The number of terminal acetylenes is 1. The topological polar surface area (TPSA) is 6.48 Å². The number of piperazine rings is 1. The van der Waals surface area contributed by atoms with Gasteiger partial charge in [0.05, 0.1) is 0 Å². The first-order valence-electron chi connectivity index (χ1n) is 6.46. The minimum absolute atomic E-state index is 0.174. The van der Waals surface area contributed by atoms with E-state index in [2.05, 4.69) is 15.7 Å². The van der Waals surface area contributed by atoms with Gasteiger partial charge < -0.3 is 4.90 Å². The maximum atomic E-state index is 12.8. The standard InChI is InChI=1S/C15H19FN2/c1-2-3-4-9-17-10-12-18(13-11-17)15-7-5-14(16)6-8-15/h1,5-8H,3-4,9-13H2. The van der Waals surface area contributed by atoms with Gasteiger partial charge in [-0.25, -0.2) is 4.39 Å². The van der Waals surface area contributed by atoms with E-state index in [9.17, 15) is 4.39 Å². The molecule has 0 spiro atoms. The lowest BCUT2D eigenvalue weighted by Gasteiger charge is -2.36. The quantitative estimate of drug-likeness (QED) is 0.594. The lowest BCUT2D eigenvalue weighted by molar-refractivity contribution is 0.256. The van der Waals surface area contributed by atoms with Gasteiger partial charge in [0.15, 0.2) is 0 Å². The van der Waals surface area contributed by atoms with Crippen molar-refractivity contribution >= 4 is 5.69 Å². The summed E-state index contributed by atoms with van der Waals surface area (Å²) in [5.41, 5.74) is 1.11. The Morgan fingerprint density at radius 3 is 2.39 bits per heavy atom. The molecule has 1 aromatic carbocycles. The van der Waals surface area contributed by atoms with E-state index in [-0.39, 0.29) is 5.82 Å². The van der Waals surface area contributed by atoms with Crippen molar-refractivity contribution in [3.63, 3.8) is 0 Å². The van der Waals surface area contributed by atoms with Crippen molar-refractivity contribution in [1.29, 1.82) is 0 Å². The first-order chi connectivity index (χ1) is 8.79. The van der Waals surface area contributed by atoms with Crippen LogP contribution in [0.5, 0.6) is 0 Å². The van der Waals surface area contributed by atoms with Crippen LogP contribution in [-0.4, -0.2) is 37.6 Å². The van der Waals surface area contributed by atoms with Crippen molar-refractivity contribution < 1.29 is 4.39 Å². The summed E-state index contributed by atoms with van der Waals surface area (Å²) in [4.78, 5) is 4.74. The Labute approximate surface area is 108 Å². The summed E-state index contributed by atoms with van der Waals surface area (Å²) >= 11 is 0. The number of hydrogen-bond donors (Lipinski definition) is 0. The monoisotopic (exact) mass is 246 g/mol. The molecular weight excluding hydrogens is 227 g/mol. The molecule has 1 aliphatic heterocycles. The molecule has 0 atom stereocenters. The highest BCUT2D eigenvalue weighted by atomic mass is 19.1. The van der Waals surface area contributed by atoms with Gasteiger partial charge in [0, 0.05) is 38.3 Å². The lowest BCUT2D eigenvalue weighted by atomic mass is 10.2. The van der Waals surface area contributed by atoms with E-state index in [1.54, 1.807) is 0 Å². The van der Waals surface area contributed by atoms with E-state index in [1.807, 2.05) is 12.1 Å². The maximum absolute atomic E-state index is 12.8. The van der Waals surface area contributed by atoms with Crippen molar-refractivity contribution in [2.24, 2.45) is 0 Å². The molecule has 1 heterocycles. The van der Waals surface area contributed by atoms with Crippen molar-refractivity contribution in [3.8, 4) is 12.3 Å². The molecule has 2 rings (SSSR count). The summed E-state index contributed by atoms with van der Waals surface area (Å²) < 4.78 is 12.8. The van der Waals surface area contributed by atoms with E-state index in [4.69, 9.17) is 6.42 Å². The van der Waals surface area contributed by atoms with Crippen LogP contribution in [0.2, 0.25) is 0 Å². The van der Waals surface area contributed by atoms with Crippen LogP contribution in [0, 0.1) is 18.2 Å². The number of nitrogens with zero attached hydrogens (tertiary/aromatic N) is 2. The van der Waals surface area contributed by atoms with Gasteiger partial charge in [-0.1, -0.05) is 0 Å². The minimum Gasteiger partial charge on any atom is -0.369 e. The van der Waals surface area contributed by atoms with Crippen molar-refractivity contribution in [3.05, 3.63) is 30.1 Å². The van der Waals surface area contributed by atoms with Gasteiger partial charge in [-0.05, 0) is 37.2 Å². The summed E-state index contributed by atoms with van der Waals surface area (Å²) in [7, 11) is 0. The molecular formula is C15H19FN2. The fourth-order valence-electron chi connectivity index (χ4n) is 2.29. The molecule has 0 aromatic heterocycles. The predicted octanol–water partition coefficient (Wildman–Crippen LogP) is 2.36. The third-order valence-corrected chi connectivity index (χ3v) is 3.36. The smallest absolute Gasteiger partial charge is 0.123 e. The lowest BCUT2D eigenvalue weighted by Crippen LogP contribution is -2.46. The molecule has 1 saturated heterocycles. The van der Waals surface area contributed by atoms with Crippen LogP contribution in [-0.2, 0) is 0 Å². The van der Waals surface area contributed by atoms with Gasteiger partial charge in [0.25, 0.3) is 0 Å². The summed E-state index contributed by atoms with van der Waals surface area (Å²) in [6.07, 6.45) is 7.18. The Morgan fingerprint density at radius 2 is 1.78 bits per heavy atom. The predicted molar refractivity (Wildman–Crippen MR) is 73.1 cm³/mol. The molecule has 0 saturated carbocycles. The van der Waals surface area contributed by atoms with E-state index < -0.39 is 0 Å². The van der Waals surface area contributed by atoms with Gasteiger partial charge in [0.2, 0.25) is 0 Å². The molecule has 1 aliphatic rings. The van der Waals surface area contributed by atoms with Gasteiger partial charge in [0.1, 0.15) is 5.82 Å². The first kappa shape index (κ1) is 12.9. The Kier molecular flexibility index (Phi) is 4.60. The number of benzene rings is 1. The van der Waals surface area contributed by atoms with Gasteiger partial charge >= 0.3 is 0 Å². The summed E-state index contributed by atoms with van der Waals surface area (Å²) in [6.45, 7) is 5.20. The van der Waals surface area contributed by atoms with Crippen LogP contribution in [0.1, 0.15) is 12.8 Å². The van der Waals surface area contributed by atoms with Crippen LogP contribution in [0.3, 0.4) is 0 Å². The fourth-order valence-corrected chi connectivity index (χ4v) is 2.29. The van der Waals surface area contributed by atoms with E-state index >= 15 is 0 Å². The number of halogens is 1. The average molecular weight is 246 g/mol. The zero-order chi connectivity index (χ0) is 12.8. The van der Waals surface area contributed by atoms with E-state index in [0.717, 1.165) is 51.3 Å². The molecule has 1 aromatic rings. The molecule has 3 heteroatoms. The number of hydrogen-bond acceptors (Lipinski definition) is 2. The number of anilines is 1. The second-order valence-electron chi connectivity index (χ2n) is 4.61. The van der Waals surface area contributed by atoms with Crippen LogP contribution in [0.15, 0.2) is 24.3 Å².